The molecule has 0 spiro atoms. The quantitative estimate of drug-likeness (QED) is 0.524. The van der Waals surface area contributed by atoms with Crippen LogP contribution in [0.4, 0.5) is 0 Å². The number of halogens is 1. The molecule has 0 N–H and O–H groups in total. The van der Waals surface area contributed by atoms with Gasteiger partial charge in [0.2, 0.25) is 0 Å². The van der Waals surface area contributed by atoms with Crippen LogP contribution >= 0.6 is 11.6 Å². The number of carbonyl (C=O) groups excluding carboxylic acids is 1. The molecular weight excluding hydrogens is 200 g/mol. The standard InChI is InChI=1S/C11H9ClO2/c1-7-6-10(14-11(7)13)8-4-2-3-5-9(8)12/h2-5,10H,1,6H2. The van der Waals surface area contributed by atoms with Crippen LogP contribution in [-0.2, 0) is 9.53 Å². The van der Waals surface area contributed by atoms with E-state index in [0.29, 0.717) is 17.0 Å². The van der Waals surface area contributed by atoms with Gasteiger partial charge in [-0.3, -0.25) is 0 Å². The second-order valence-corrected chi connectivity index (χ2v) is 3.63. The summed E-state index contributed by atoms with van der Waals surface area (Å²) in [4.78, 5) is 11.1. The molecule has 1 aromatic carbocycles. The largest absolute Gasteiger partial charge is 0.454 e. The van der Waals surface area contributed by atoms with Crippen LogP contribution in [0.2, 0.25) is 5.02 Å². The van der Waals surface area contributed by atoms with E-state index in [4.69, 9.17) is 16.3 Å². The molecule has 1 unspecified atom stereocenters. The molecule has 1 fully saturated rings. The van der Waals surface area contributed by atoms with Crippen molar-refractivity contribution < 1.29 is 9.53 Å². The third kappa shape index (κ3) is 1.53. The summed E-state index contributed by atoms with van der Waals surface area (Å²) in [5, 5.41) is 0.625. The van der Waals surface area contributed by atoms with Crippen LogP contribution in [0.25, 0.3) is 0 Å². The number of hydrogen-bond donors (Lipinski definition) is 0. The second-order valence-electron chi connectivity index (χ2n) is 3.22. The minimum absolute atomic E-state index is 0.260. The third-order valence-electron chi connectivity index (χ3n) is 2.22. The van der Waals surface area contributed by atoms with Crippen molar-refractivity contribution >= 4 is 17.6 Å². The van der Waals surface area contributed by atoms with Gasteiger partial charge in [0.15, 0.2) is 0 Å². The number of esters is 1. The molecule has 14 heavy (non-hydrogen) atoms. The van der Waals surface area contributed by atoms with Crippen LogP contribution < -0.4 is 0 Å². The summed E-state index contributed by atoms with van der Waals surface area (Å²) in [5.74, 6) is -0.324. The van der Waals surface area contributed by atoms with E-state index in [0.717, 1.165) is 5.56 Å². The molecule has 1 saturated heterocycles. The SMILES string of the molecule is C=C1CC(c2ccccc2Cl)OC1=O. The maximum absolute atomic E-state index is 11.1. The summed E-state index contributed by atoms with van der Waals surface area (Å²) < 4.78 is 5.12. The summed E-state index contributed by atoms with van der Waals surface area (Å²) in [5.41, 5.74) is 1.36. The monoisotopic (exact) mass is 208 g/mol. The van der Waals surface area contributed by atoms with Gasteiger partial charge < -0.3 is 4.74 Å². The van der Waals surface area contributed by atoms with Crippen molar-refractivity contribution in [1.82, 2.24) is 0 Å². The van der Waals surface area contributed by atoms with Gasteiger partial charge in [-0.2, -0.15) is 0 Å². The molecule has 0 saturated carbocycles. The fourth-order valence-electron chi connectivity index (χ4n) is 1.47. The maximum atomic E-state index is 11.1. The molecule has 2 nitrogen and oxygen atoms in total. The lowest BCUT2D eigenvalue weighted by molar-refractivity contribution is -0.139. The van der Waals surface area contributed by atoms with Crippen LogP contribution in [0.5, 0.6) is 0 Å². The average molecular weight is 209 g/mol. The van der Waals surface area contributed by atoms with Gasteiger partial charge in [-0.25, -0.2) is 4.79 Å². The van der Waals surface area contributed by atoms with E-state index < -0.39 is 0 Å². The Morgan fingerprint density at radius 2 is 2.14 bits per heavy atom. The molecule has 3 heteroatoms. The predicted molar refractivity (Wildman–Crippen MR) is 54.0 cm³/mol. The predicted octanol–water partition coefficient (Wildman–Crippen LogP) is 2.88. The van der Waals surface area contributed by atoms with E-state index in [1.807, 2.05) is 18.2 Å². The minimum atomic E-state index is -0.324. The Kier molecular flexibility index (Phi) is 2.30. The highest BCUT2D eigenvalue weighted by molar-refractivity contribution is 6.31. The van der Waals surface area contributed by atoms with Gasteiger partial charge in [0, 0.05) is 22.6 Å². The Morgan fingerprint density at radius 3 is 2.71 bits per heavy atom. The molecule has 0 aliphatic carbocycles. The summed E-state index contributed by atoms with van der Waals surface area (Å²) in [6.45, 7) is 3.62. The molecule has 0 aromatic heterocycles. The Labute approximate surface area is 87.1 Å². The fourth-order valence-corrected chi connectivity index (χ4v) is 1.73. The smallest absolute Gasteiger partial charge is 0.334 e. The van der Waals surface area contributed by atoms with Crippen LogP contribution in [0.1, 0.15) is 18.1 Å². The van der Waals surface area contributed by atoms with E-state index in [2.05, 4.69) is 6.58 Å². The Bertz CT molecular complexity index is 382. The molecule has 1 aromatic rings. The van der Waals surface area contributed by atoms with Gasteiger partial charge >= 0.3 is 5.97 Å². The number of carbonyl (C=O) groups is 1. The van der Waals surface area contributed by atoms with Crippen LogP contribution in [-0.4, -0.2) is 5.97 Å². The highest BCUT2D eigenvalue weighted by Crippen LogP contribution is 2.35. The van der Waals surface area contributed by atoms with Gasteiger partial charge in [-0.1, -0.05) is 36.4 Å². The number of cyclic esters (lactones) is 1. The second kappa shape index (κ2) is 3.46. The van der Waals surface area contributed by atoms with Crippen LogP contribution in [0.3, 0.4) is 0 Å². The third-order valence-corrected chi connectivity index (χ3v) is 2.57. The highest BCUT2D eigenvalue weighted by atomic mass is 35.5. The highest BCUT2D eigenvalue weighted by Gasteiger charge is 2.29. The summed E-state index contributed by atoms with van der Waals surface area (Å²) in [7, 11) is 0. The first-order valence-electron chi connectivity index (χ1n) is 4.31. The first-order valence-corrected chi connectivity index (χ1v) is 4.69. The number of benzene rings is 1. The van der Waals surface area contributed by atoms with E-state index in [1.54, 1.807) is 6.07 Å². The van der Waals surface area contributed by atoms with Crippen molar-refractivity contribution in [2.75, 3.05) is 0 Å². The molecule has 1 aliphatic rings. The summed E-state index contributed by atoms with van der Waals surface area (Å²) in [6, 6.07) is 7.36. The van der Waals surface area contributed by atoms with Gasteiger partial charge in [0.05, 0.1) is 0 Å². The zero-order valence-electron chi connectivity index (χ0n) is 7.50. The maximum Gasteiger partial charge on any atom is 0.334 e. The molecule has 0 amide bonds. The van der Waals surface area contributed by atoms with Gasteiger partial charge in [0.1, 0.15) is 6.10 Å². The van der Waals surface area contributed by atoms with Gasteiger partial charge in [-0.15, -0.1) is 0 Å². The molecule has 0 bridgehead atoms. The zero-order chi connectivity index (χ0) is 10.1. The van der Waals surface area contributed by atoms with Crippen molar-refractivity contribution in [3.63, 3.8) is 0 Å². The lowest BCUT2D eigenvalue weighted by Crippen LogP contribution is -1.99. The number of hydrogen-bond acceptors (Lipinski definition) is 2. The lowest BCUT2D eigenvalue weighted by Gasteiger charge is -2.09. The Hall–Kier alpha value is -1.28. The molecule has 1 atom stereocenters. The van der Waals surface area contributed by atoms with E-state index in [-0.39, 0.29) is 12.1 Å². The first-order chi connectivity index (χ1) is 6.68. The normalized spacial score (nSPS) is 21.1. The molecule has 2 rings (SSSR count). The summed E-state index contributed by atoms with van der Waals surface area (Å²) >= 11 is 5.98. The molecule has 72 valence electrons. The topological polar surface area (TPSA) is 26.3 Å². The Balaban J connectivity index is 2.30. The average Bonchev–Trinajstić information content (AvgIpc) is 2.48. The van der Waals surface area contributed by atoms with E-state index in [9.17, 15) is 4.79 Å². The van der Waals surface area contributed by atoms with Crippen molar-refractivity contribution in [2.24, 2.45) is 0 Å². The van der Waals surface area contributed by atoms with Crippen molar-refractivity contribution in [3.8, 4) is 0 Å². The number of rotatable bonds is 1. The molecular formula is C11H9ClO2. The first kappa shape index (κ1) is 9.28. The zero-order valence-corrected chi connectivity index (χ0v) is 8.25. The van der Waals surface area contributed by atoms with Crippen LogP contribution in [0, 0.1) is 0 Å². The van der Waals surface area contributed by atoms with Crippen LogP contribution in [0.15, 0.2) is 36.4 Å². The lowest BCUT2D eigenvalue weighted by atomic mass is 10.1. The fraction of sp³-hybridized carbons (Fsp3) is 0.182. The van der Waals surface area contributed by atoms with E-state index in [1.165, 1.54) is 0 Å². The Morgan fingerprint density at radius 1 is 1.43 bits per heavy atom. The van der Waals surface area contributed by atoms with E-state index >= 15 is 0 Å². The van der Waals surface area contributed by atoms with Crippen molar-refractivity contribution in [2.45, 2.75) is 12.5 Å². The summed E-state index contributed by atoms with van der Waals surface area (Å²) in [6.07, 6.45) is 0.270. The van der Waals surface area contributed by atoms with Gasteiger partial charge in [-0.05, 0) is 6.07 Å². The molecule has 1 heterocycles. The number of ether oxygens (including phenoxy) is 1. The van der Waals surface area contributed by atoms with Crippen molar-refractivity contribution in [1.29, 1.82) is 0 Å². The van der Waals surface area contributed by atoms with Crippen molar-refractivity contribution in [3.05, 3.63) is 47.0 Å². The molecule has 1 aliphatic heterocycles. The molecule has 0 radical (unpaired) electrons. The van der Waals surface area contributed by atoms with Gasteiger partial charge in [0.25, 0.3) is 0 Å². The minimum Gasteiger partial charge on any atom is -0.454 e.